The van der Waals surface area contributed by atoms with E-state index in [1.807, 2.05) is 13.8 Å². The number of aromatic amines is 1. The monoisotopic (exact) mass is 265 g/mol. The maximum Gasteiger partial charge on any atom is 0.252 e. The molecule has 0 aromatic carbocycles. The van der Waals surface area contributed by atoms with Gasteiger partial charge in [0.25, 0.3) is 5.56 Å². The zero-order valence-electron chi connectivity index (χ0n) is 12.0. The molecule has 5 heteroatoms. The van der Waals surface area contributed by atoms with Gasteiger partial charge in [0.1, 0.15) is 11.6 Å². The van der Waals surface area contributed by atoms with Crippen molar-refractivity contribution in [1.29, 1.82) is 0 Å². The minimum absolute atomic E-state index is 0.0838. The molecule has 1 aromatic heterocycles. The highest BCUT2D eigenvalue weighted by molar-refractivity contribution is 5.37. The minimum atomic E-state index is -0.0838. The topological polar surface area (TPSA) is 58.2 Å². The number of H-pyrrole nitrogens is 1. The summed E-state index contributed by atoms with van der Waals surface area (Å²) in [7, 11) is 0. The first kappa shape index (κ1) is 14.1. The van der Waals surface area contributed by atoms with Crippen molar-refractivity contribution in [1.82, 2.24) is 9.97 Å². The fourth-order valence-corrected chi connectivity index (χ4v) is 2.32. The minimum Gasteiger partial charge on any atom is -0.376 e. The highest BCUT2D eigenvalue weighted by Gasteiger charge is 2.20. The summed E-state index contributed by atoms with van der Waals surface area (Å²) in [5.74, 6) is 1.72. The lowest BCUT2D eigenvalue weighted by Gasteiger charge is -2.25. The molecule has 1 unspecified atom stereocenters. The van der Waals surface area contributed by atoms with E-state index in [-0.39, 0.29) is 17.6 Å². The van der Waals surface area contributed by atoms with E-state index in [0.29, 0.717) is 0 Å². The molecule has 1 aliphatic heterocycles. The first-order valence-electron chi connectivity index (χ1n) is 7.08. The van der Waals surface area contributed by atoms with Crippen molar-refractivity contribution in [2.24, 2.45) is 0 Å². The van der Waals surface area contributed by atoms with Gasteiger partial charge in [-0.3, -0.25) is 4.79 Å². The fraction of sp³-hybridized carbons (Fsp3) is 0.714. The van der Waals surface area contributed by atoms with Crippen LogP contribution in [0.4, 0.5) is 5.82 Å². The van der Waals surface area contributed by atoms with Crippen LogP contribution in [0.2, 0.25) is 0 Å². The molecule has 0 saturated carbocycles. The summed E-state index contributed by atoms with van der Waals surface area (Å²) in [6.07, 6.45) is 2.49. The number of aromatic nitrogens is 2. The van der Waals surface area contributed by atoms with E-state index < -0.39 is 0 Å². The normalized spacial score (nSPS) is 19.1. The molecule has 1 fully saturated rings. The summed E-state index contributed by atoms with van der Waals surface area (Å²) in [5.41, 5.74) is -0.0838. The van der Waals surface area contributed by atoms with E-state index in [9.17, 15) is 4.79 Å². The van der Waals surface area contributed by atoms with Crippen molar-refractivity contribution in [3.63, 3.8) is 0 Å². The molecule has 1 aromatic rings. The van der Waals surface area contributed by atoms with Crippen LogP contribution in [0.25, 0.3) is 0 Å². The predicted molar refractivity (Wildman–Crippen MR) is 75.8 cm³/mol. The number of hydrogen-bond donors (Lipinski definition) is 1. The first-order valence-corrected chi connectivity index (χ1v) is 7.08. The van der Waals surface area contributed by atoms with Gasteiger partial charge < -0.3 is 14.6 Å². The van der Waals surface area contributed by atoms with Crippen LogP contribution in [0, 0.1) is 0 Å². The van der Waals surface area contributed by atoms with Crippen molar-refractivity contribution in [2.75, 3.05) is 24.6 Å². The zero-order valence-corrected chi connectivity index (χ0v) is 12.0. The van der Waals surface area contributed by atoms with Crippen LogP contribution < -0.4 is 10.5 Å². The highest BCUT2D eigenvalue weighted by atomic mass is 16.5. The SMILES string of the molecule is CCN(CC1CCCO1)c1cc(=O)[nH]c(C(C)C)n1. The Labute approximate surface area is 114 Å². The average molecular weight is 265 g/mol. The molecule has 19 heavy (non-hydrogen) atoms. The average Bonchev–Trinajstić information content (AvgIpc) is 2.88. The summed E-state index contributed by atoms with van der Waals surface area (Å²) < 4.78 is 5.66. The lowest BCUT2D eigenvalue weighted by atomic mass is 10.2. The molecular formula is C14H23N3O2. The Kier molecular flexibility index (Phi) is 4.58. The predicted octanol–water partition coefficient (Wildman–Crippen LogP) is 1.90. The molecule has 2 heterocycles. The van der Waals surface area contributed by atoms with E-state index in [2.05, 4.69) is 21.8 Å². The molecule has 0 radical (unpaired) electrons. The number of nitrogens with zero attached hydrogens (tertiary/aromatic N) is 2. The molecule has 1 saturated heterocycles. The zero-order chi connectivity index (χ0) is 13.8. The first-order chi connectivity index (χ1) is 9.10. The molecule has 5 nitrogen and oxygen atoms in total. The molecule has 1 N–H and O–H groups in total. The number of anilines is 1. The van der Waals surface area contributed by atoms with Gasteiger partial charge in [-0.15, -0.1) is 0 Å². The molecule has 0 bridgehead atoms. The van der Waals surface area contributed by atoms with Gasteiger partial charge in [-0.2, -0.15) is 0 Å². The van der Waals surface area contributed by atoms with Crippen LogP contribution in [-0.2, 0) is 4.74 Å². The van der Waals surface area contributed by atoms with E-state index in [1.54, 1.807) is 6.07 Å². The van der Waals surface area contributed by atoms with Gasteiger partial charge in [-0.05, 0) is 19.8 Å². The standard InChI is InChI=1S/C14H23N3O2/c1-4-17(9-11-6-5-7-19-11)12-8-13(18)16-14(15-12)10(2)3/h8,10-11H,4-7,9H2,1-3H3,(H,15,16,18). The number of ether oxygens (including phenoxy) is 1. The third-order valence-electron chi connectivity index (χ3n) is 3.45. The third kappa shape index (κ3) is 3.56. The summed E-state index contributed by atoms with van der Waals surface area (Å²) in [5, 5.41) is 0. The Bertz CT molecular complexity index is 464. The summed E-state index contributed by atoms with van der Waals surface area (Å²) in [6.45, 7) is 8.62. The summed E-state index contributed by atoms with van der Waals surface area (Å²) in [4.78, 5) is 21.2. The molecule has 0 amide bonds. The second-order valence-corrected chi connectivity index (χ2v) is 5.32. The van der Waals surface area contributed by atoms with E-state index in [0.717, 1.165) is 44.2 Å². The molecule has 1 atom stereocenters. The van der Waals surface area contributed by atoms with Gasteiger partial charge in [0, 0.05) is 31.7 Å². The Hall–Kier alpha value is -1.36. The maximum absolute atomic E-state index is 11.7. The van der Waals surface area contributed by atoms with E-state index >= 15 is 0 Å². The van der Waals surface area contributed by atoms with Crippen LogP contribution in [0.5, 0.6) is 0 Å². The largest absolute Gasteiger partial charge is 0.376 e. The fourth-order valence-electron chi connectivity index (χ4n) is 2.32. The van der Waals surface area contributed by atoms with Gasteiger partial charge in [0.05, 0.1) is 6.10 Å². The van der Waals surface area contributed by atoms with Gasteiger partial charge in [0.15, 0.2) is 0 Å². The number of nitrogens with one attached hydrogen (secondary N) is 1. The Morgan fingerprint density at radius 1 is 1.58 bits per heavy atom. The molecule has 0 spiro atoms. The Balaban J connectivity index is 2.19. The maximum atomic E-state index is 11.7. The smallest absolute Gasteiger partial charge is 0.252 e. The van der Waals surface area contributed by atoms with Crippen LogP contribution in [0.3, 0.4) is 0 Å². The molecule has 0 aliphatic carbocycles. The van der Waals surface area contributed by atoms with Gasteiger partial charge in [0.2, 0.25) is 0 Å². The Morgan fingerprint density at radius 2 is 2.37 bits per heavy atom. The Morgan fingerprint density at radius 3 is 2.95 bits per heavy atom. The van der Waals surface area contributed by atoms with Crippen molar-refractivity contribution < 1.29 is 4.74 Å². The van der Waals surface area contributed by atoms with Crippen molar-refractivity contribution >= 4 is 5.82 Å². The van der Waals surface area contributed by atoms with E-state index in [1.165, 1.54) is 0 Å². The summed E-state index contributed by atoms with van der Waals surface area (Å²) in [6, 6.07) is 1.57. The van der Waals surface area contributed by atoms with Crippen LogP contribution in [0.15, 0.2) is 10.9 Å². The molecule has 1 aliphatic rings. The quantitative estimate of drug-likeness (QED) is 0.883. The number of hydrogen-bond acceptors (Lipinski definition) is 4. The summed E-state index contributed by atoms with van der Waals surface area (Å²) >= 11 is 0. The van der Waals surface area contributed by atoms with Gasteiger partial charge in [-0.25, -0.2) is 4.98 Å². The van der Waals surface area contributed by atoms with E-state index in [4.69, 9.17) is 4.74 Å². The number of likely N-dealkylation sites (N-methyl/N-ethyl adjacent to an activating group) is 1. The highest BCUT2D eigenvalue weighted by Crippen LogP contribution is 2.18. The number of rotatable bonds is 5. The van der Waals surface area contributed by atoms with Gasteiger partial charge in [-0.1, -0.05) is 13.8 Å². The molecule has 2 rings (SSSR count). The molecular weight excluding hydrogens is 242 g/mol. The third-order valence-corrected chi connectivity index (χ3v) is 3.45. The van der Waals surface area contributed by atoms with Crippen molar-refractivity contribution in [2.45, 2.75) is 45.6 Å². The lowest BCUT2D eigenvalue weighted by Crippen LogP contribution is -2.34. The van der Waals surface area contributed by atoms with Crippen molar-refractivity contribution in [3.05, 3.63) is 22.2 Å². The van der Waals surface area contributed by atoms with Crippen LogP contribution in [-0.4, -0.2) is 35.8 Å². The van der Waals surface area contributed by atoms with Crippen LogP contribution in [0.1, 0.15) is 45.4 Å². The second-order valence-electron chi connectivity index (χ2n) is 5.32. The lowest BCUT2D eigenvalue weighted by molar-refractivity contribution is 0.115. The van der Waals surface area contributed by atoms with Crippen LogP contribution >= 0.6 is 0 Å². The van der Waals surface area contributed by atoms with Gasteiger partial charge >= 0.3 is 0 Å². The van der Waals surface area contributed by atoms with Crippen molar-refractivity contribution in [3.8, 4) is 0 Å². The molecule has 106 valence electrons. The second kappa shape index (κ2) is 6.19.